The van der Waals surface area contributed by atoms with Gasteiger partial charge in [-0.25, -0.2) is 18.1 Å². The van der Waals surface area contributed by atoms with Gasteiger partial charge in [-0.2, -0.15) is 0 Å². The highest BCUT2D eigenvalue weighted by molar-refractivity contribution is 7.89. The van der Waals surface area contributed by atoms with Crippen LogP contribution in [0.1, 0.15) is 6.92 Å². The van der Waals surface area contributed by atoms with Crippen LogP contribution in [0.2, 0.25) is 0 Å². The minimum atomic E-state index is -3.32. The Balaban J connectivity index is 2.41. The summed E-state index contributed by atoms with van der Waals surface area (Å²) in [6.07, 6.45) is 4.91. The molecule has 1 aromatic heterocycles. The molecule has 0 fully saturated rings. The predicted molar refractivity (Wildman–Crippen MR) is 64.8 cm³/mol. The van der Waals surface area contributed by atoms with Crippen LogP contribution in [0.5, 0.6) is 0 Å². The van der Waals surface area contributed by atoms with Crippen LogP contribution in [-0.2, 0) is 21.3 Å². The van der Waals surface area contributed by atoms with Gasteiger partial charge in [-0.1, -0.05) is 0 Å². The first-order valence-electron chi connectivity index (χ1n) is 5.18. The summed E-state index contributed by atoms with van der Waals surface area (Å²) >= 11 is 0. The van der Waals surface area contributed by atoms with Crippen molar-refractivity contribution in [1.82, 2.24) is 14.3 Å². The third-order valence-electron chi connectivity index (χ3n) is 2.34. The van der Waals surface area contributed by atoms with Crippen molar-refractivity contribution in [3.05, 3.63) is 25.6 Å². The fourth-order valence-corrected chi connectivity index (χ4v) is 2.17. The van der Waals surface area contributed by atoms with Gasteiger partial charge in [0.1, 0.15) is 0 Å². The lowest BCUT2D eigenvalue weighted by atomic mass is 10.1. The van der Waals surface area contributed by atoms with Crippen molar-refractivity contribution in [2.75, 3.05) is 19.4 Å². The SMILES string of the molecule is [CH2]C(C)(CNS(=O)(=O)CCn1ccnc1)OC. The Bertz CT molecular complexity index is 426. The van der Waals surface area contributed by atoms with E-state index < -0.39 is 15.6 Å². The first-order chi connectivity index (χ1) is 7.85. The average Bonchev–Trinajstić information content (AvgIpc) is 2.77. The molecule has 0 bridgehead atoms. The zero-order chi connectivity index (χ0) is 12.9. The largest absolute Gasteiger partial charge is 0.377 e. The van der Waals surface area contributed by atoms with Crippen molar-refractivity contribution in [3.8, 4) is 0 Å². The minimum Gasteiger partial charge on any atom is -0.377 e. The molecule has 1 unspecified atom stereocenters. The highest BCUT2D eigenvalue weighted by Crippen LogP contribution is 2.05. The highest BCUT2D eigenvalue weighted by atomic mass is 32.2. The molecule has 0 saturated carbocycles. The van der Waals surface area contributed by atoms with Crippen LogP contribution < -0.4 is 4.72 Å². The Labute approximate surface area is 102 Å². The summed E-state index contributed by atoms with van der Waals surface area (Å²) in [6.45, 7) is 5.97. The fourth-order valence-electron chi connectivity index (χ4n) is 1.05. The van der Waals surface area contributed by atoms with Gasteiger partial charge in [-0.05, 0) is 13.8 Å². The first-order valence-corrected chi connectivity index (χ1v) is 6.83. The lowest BCUT2D eigenvalue weighted by Crippen LogP contribution is -2.41. The van der Waals surface area contributed by atoms with Crippen molar-refractivity contribution in [2.45, 2.75) is 19.1 Å². The molecule has 6 nitrogen and oxygen atoms in total. The van der Waals surface area contributed by atoms with Crippen LogP contribution in [0.3, 0.4) is 0 Å². The summed E-state index contributed by atoms with van der Waals surface area (Å²) in [5, 5.41) is 0. The maximum atomic E-state index is 11.7. The normalized spacial score (nSPS) is 12.9. The quantitative estimate of drug-likeness (QED) is 0.751. The maximum absolute atomic E-state index is 11.7. The third-order valence-corrected chi connectivity index (χ3v) is 3.64. The third kappa shape index (κ3) is 5.29. The second kappa shape index (κ2) is 5.61. The molecule has 1 radical (unpaired) electrons. The lowest BCUT2D eigenvalue weighted by molar-refractivity contribution is 0.0508. The smallest absolute Gasteiger partial charge is 0.213 e. The van der Waals surface area contributed by atoms with E-state index in [-0.39, 0.29) is 12.3 Å². The highest BCUT2D eigenvalue weighted by Gasteiger charge is 2.20. The van der Waals surface area contributed by atoms with Gasteiger partial charge < -0.3 is 9.30 Å². The van der Waals surface area contributed by atoms with E-state index in [9.17, 15) is 8.42 Å². The number of imidazole rings is 1. The second-order valence-electron chi connectivity index (χ2n) is 4.09. The second-order valence-corrected chi connectivity index (χ2v) is 6.02. The van der Waals surface area contributed by atoms with Crippen LogP contribution in [0.4, 0.5) is 0 Å². The summed E-state index contributed by atoms with van der Waals surface area (Å²) in [7, 11) is -1.83. The molecular weight excluding hydrogens is 242 g/mol. The molecule has 1 N–H and O–H groups in total. The van der Waals surface area contributed by atoms with Crippen LogP contribution in [-0.4, -0.2) is 43.0 Å². The molecule has 0 spiro atoms. The van der Waals surface area contributed by atoms with E-state index in [2.05, 4.69) is 16.6 Å². The standard InChI is InChI=1S/C10H18N3O3S/c1-10(2,16-3)8-12-17(14,15)7-6-13-5-4-11-9-13/h4-5,9,12H,1,6-8H2,2-3H3. The Hall–Kier alpha value is -0.920. The van der Waals surface area contributed by atoms with Crippen molar-refractivity contribution in [1.29, 1.82) is 0 Å². The fraction of sp³-hybridized carbons (Fsp3) is 0.600. The summed E-state index contributed by atoms with van der Waals surface area (Å²) in [5.41, 5.74) is -0.748. The van der Waals surface area contributed by atoms with Gasteiger partial charge in [-0.15, -0.1) is 0 Å². The minimum absolute atomic E-state index is 0.00313. The maximum Gasteiger partial charge on any atom is 0.213 e. The molecule has 0 aliphatic rings. The van der Waals surface area contributed by atoms with Gasteiger partial charge in [0, 0.05) is 32.6 Å². The summed E-state index contributed by atoms with van der Waals surface area (Å²) in [4.78, 5) is 3.84. The molecule has 1 atom stereocenters. The Morgan fingerprint density at radius 1 is 1.59 bits per heavy atom. The Kier molecular flexibility index (Phi) is 4.67. The van der Waals surface area contributed by atoms with Crippen molar-refractivity contribution in [2.24, 2.45) is 0 Å². The summed E-state index contributed by atoms with van der Waals surface area (Å²) in [6, 6.07) is 0. The molecule has 0 aliphatic carbocycles. The van der Waals surface area contributed by atoms with Crippen molar-refractivity contribution in [3.63, 3.8) is 0 Å². The molecule has 17 heavy (non-hydrogen) atoms. The van der Waals surface area contributed by atoms with Crippen LogP contribution >= 0.6 is 0 Å². The van der Waals surface area contributed by atoms with Crippen LogP contribution in [0.25, 0.3) is 0 Å². The van der Waals surface area contributed by atoms with E-state index in [1.807, 2.05) is 0 Å². The molecule has 1 rings (SSSR count). The van der Waals surface area contributed by atoms with Crippen molar-refractivity contribution >= 4 is 10.0 Å². The number of methoxy groups -OCH3 is 1. The zero-order valence-corrected chi connectivity index (χ0v) is 10.9. The number of ether oxygens (including phenoxy) is 1. The monoisotopic (exact) mass is 260 g/mol. The van der Waals surface area contributed by atoms with Crippen molar-refractivity contribution < 1.29 is 13.2 Å². The molecule has 0 aliphatic heterocycles. The topological polar surface area (TPSA) is 73.2 Å². The first kappa shape index (κ1) is 14.1. The summed E-state index contributed by atoms with van der Waals surface area (Å²) < 4.78 is 32.5. The molecule has 1 heterocycles. The van der Waals surface area contributed by atoms with Gasteiger partial charge in [0.05, 0.1) is 17.7 Å². The Morgan fingerprint density at radius 3 is 2.82 bits per heavy atom. The van der Waals surface area contributed by atoms with Crippen LogP contribution in [0, 0.1) is 6.92 Å². The zero-order valence-electron chi connectivity index (χ0n) is 10.1. The molecule has 0 aromatic carbocycles. The number of hydrogen-bond donors (Lipinski definition) is 1. The number of sulfonamides is 1. The van der Waals surface area contributed by atoms with Gasteiger partial charge >= 0.3 is 0 Å². The average molecular weight is 260 g/mol. The van der Waals surface area contributed by atoms with Gasteiger partial charge in [0.15, 0.2) is 0 Å². The van der Waals surface area contributed by atoms with E-state index in [0.717, 1.165) is 0 Å². The lowest BCUT2D eigenvalue weighted by Gasteiger charge is -2.22. The number of nitrogens with one attached hydrogen (secondary N) is 1. The number of nitrogens with zero attached hydrogens (tertiary/aromatic N) is 2. The van der Waals surface area contributed by atoms with Gasteiger partial charge in [0.25, 0.3) is 0 Å². The number of aryl methyl sites for hydroxylation is 1. The number of hydrogen-bond acceptors (Lipinski definition) is 4. The predicted octanol–water partition coefficient (Wildman–Crippen LogP) is 0.0417. The van der Waals surface area contributed by atoms with E-state index in [1.165, 1.54) is 7.11 Å². The van der Waals surface area contributed by atoms with Gasteiger partial charge in [0.2, 0.25) is 10.0 Å². The molecule has 0 saturated heterocycles. The molecular formula is C10H18N3O3S. The number of rotatable bonds is 7. The molecule has 0 amide bonds. The molecule has 1 aromatic rings. The van der Waals surface area contributed by atoms with E-state index in [0.29, 0.717) is 6.54 Å². The van der Waals surface area contributed by atoms with Gasteiger partial charge in [-0.3, -0.25) is 0 Å². The number of aromatic nitrogens is 2. The Morgan fingerprint density at radius 2 is 2.29 bits per heavy atom. The van der Waals surface area contributed by atoms with Crippen LogP contribution in [0.15, 0.2) is 18.7 Å². The molecule has 97 valence electrons. The molecule has 7 heteroatoms. The van der Waals surface area contributed by atoms with E-state index in [4.69, 9.17) is 4.74 Å². The van der Waals surface area contributed by atoms with E-state index >= 15 is 0 Å². The summed E-state index contributed by atoms with van der Waals surface area (Å²) in [5.74, 6) is 0.00313. The van der Waals surface area contributed by atoms with E-state index in [1.54, 1.807) is 30.2 Å².